The van der Waals surface area contributed by atoms with Gasteiger partial charge in [-0.05, 0) is 56.1 Å². The number of hydrogen-bond donors (Lipinski definition) is 2. The fourth-order valence-corrected chi connectivity index (χ4v) is 4.56. The quantitative estimate of drug-likeness (QED) is 0.637. The van der Waals surface area contributed by atoms with Crippen molar-refractivity contribution < 1.29 is 14.2 Å². The van der Waals surface area contributed by atoms with Gasteiger partial charge in [-0.3, -0.25) is 0 Å². The average molecular weight is 471 g/mol. The van der Waals surface area contributed by atoms with Crippen molar-refractivity contribution in [3.8, 4) is 11.5 Å². The lowest BCUT2D eigenvalue weighted by Gasteiger charge is -2.35. The summed E-state index contributed by atoms with van der Waals surface area (Å²) in [5.74, 6) is 3.89. The van der Waals surface area contributed by atoms with Gasteiger partial charge in [-0.15, -0.1) is 0 Å². The van der Waals surface area contributed by atoms with Crippen LogP contribution < -0.4 is 29.9 Å². The number of morpholine rings is 1. The van der Waals surface area contributed by atoms with E-state index >= 15 is 0 Å². The van der Waals surface area contributed by atoms with Crippen LogP contribution in [-0.2, 0) is 11.3 Å². The Kier molecular flexibility index (Phi) is 6.63. The number of hydrogen-bond acceptors (Lipinski definition) is 8. The van der Waals surface area contributed by atoms with E-state index in [1.165, 1.54) is 19.3 Å². The number of piperidine rings is 1. The summed E-state index contributed by atoms with van der Waals surface area (Å²) < 4.78 is 16.4. The molecule has 5 rings (SSSR count). The topological polar surface area (TPSA) is 84.0 Å². The molecule has 2 N–H and O–H groups in total. The first-order chi connectivity index (χ1) is 16.2. The third-order valence-electron chi connectivity index (χ3n) is 6.25. The number of anilines is 3. The Labute approximate surface area is 199 Å². The van der Waals surface area contributed by atoms with Crippen LogP contribution in [0.4, 0.5) is 17.6 Å². The molecule has 1 atom stereocenters. The summed E-state index contributed by atoms with van der Waals surface area (Å²) in [6, 6.07) is 8.42. The van der Waals surface area contributed by atoms with Crippen LogP contribution >= 0.6 is 12.2 Å². The molecule has 2 saturated heterocycles. The maximum absolute atomic E-state index is 5.55. The minimum Gasteiger partial charge on any atom is -0.454 e. The van der Waals surface area contributed by atoms with Crippen molar-refractivity contribution in [2.45, 2.75) is 38.8 Å². The smallest absolute Gasteiger partial charge is 0.232 e. The zero-order valence-corrected chi connectivity index (χ0v) is 19.7. The number of benzene rings is 1. The molecule has 0 spiro atoms. The van der Waals surface area contributed by atoms with Crippen molar-refractivity contribution in [2.75, 3.05) is 54.8 Å². The standard InChI is InChI=1S/C23H30N6O3S/c1-16-4-2-3-7-29(16)21-13-20(28-8-10-30-11-9-28)25-22(26-21)27-23(33)24-14-17-5-6-18-19(12-17)32-15-31-18/h5-6,12-13,16H,2-4,7-11,14-15H2,1H3,(H2,24,25,26,27,33). The molecule has 9 nitrogen and oxygen atoms in total. The molecule has 1 aromatic heterocycles. The number of fused-ring (bicyclic) bond motifs is 1. The Morgan fingerprint density at radius 2 is 1.88 bits per heavy atom. The van der Waals surface area contributed by atoms with Crippen LogP contribution in [0.3, 0.4) is 0 Å². The minimum absolute atomic E-state index is 0.265. The first-order valence-corrected chi connectivity index (χ1v) is 12.0. The number of aromatic nitrogens is 2. The molecule has 0 aliphatic carbocycles. The van der Waals surface area contributed by atoms with Crippen molar-refractivity contribution >= 4 is 34.9 Å². The lowest BCUT2D eigenvalue weighted by atomic mass is 10.0. The monoisotopic (exact) mass is 470 g/mol. The maximum Gasteiger partial charge on any atom is 0.232 e. The van der Waals surface area contributed by atoms with E-state index < -0.39 is 0 Å². The Hall–Kier alpha value is -2.85. The van der Waals surface area contributed by atoms with Gasteiger partial charge < -0.3 is 34.6 Å². The van der Waals surface area contributed by atoms with Gasteiger partial charge >= 0.3 is 0 Å². The van der Waals surface area contributed by atoms with Gasteiger partial charge in [-0.2, -0.15) is 9.97 Å². The molecular weight excluding hydrogens is 440 g/mol. The van der Waals surface area contributed by atoms with Crippen LogP contribution in [0.5, 0.6) is 11.5 Å². The Bertz CT molecular complexity index is 1000. The largest absolute Gasteiger partial charge is 0.454 e. The highest BCUT2D eigenvalue weighted by atomic mass is 32.1. The van der Waals surface area contributed by atoms with Gasteiger partial charge in [-0.1, -0.05) is 6.07 Å². The van der Waals surface area contributed by atoms with Crippen LogP contribution in [-0.4, -0.2) is 60.8 Å². The zero-order valence-electron chi connectivity index (χ0n) is 18.9. The zero-order chi connectivity index (χ0) is 22.6. The fourth-order valence-electron chi connectivity index (χ4n) is 4.40. The van der Waals surface area contributed by atoms with E-state index in [0.717, 1.165) is 48.3 Å². The number of rotatable bonds is 5. The molecule has 1 aromatic carbocycles. The summed E-state index contributed by atoms with van der Waals surface area (Å²) in [4.78, 5) is 14.2. The van der Waals surface area contributed by atoms with Crippen molar-refractivity contribution in [3.63, 3.8) is 0 Å². The molecule has 3 aliphatic rings. The van der Waals surface area contributed by atoms with E-state index in [-0.39, 0.29) is 6.79 Å². The fraction of sp³-hybridized carbons (Fsp3) is 0.522. The summed E-state index contributed by atoms with van der Waals surface area (Å²) in [5.41, 5.74) is 1.05. The summed E-state index contributed by atoms with van der Waals surface area (Å²) in [7, 11) is 0. The van der Waals surface area contributed by atoms with Crippen molar-refractivity contribution in [1.82, 2.24) is 15.3 Å². The number of nitrogens with one attached hydrogen (secondary N) is 2. The predicted octanol–water partition coefficient (Wildman–Crippen LogP) is 2.91. The number of thiocarbonyl (C=S) groups is 1. The molecule has 3 aliphatic heterocycles. The van der Waals surface area contributed by atoms with Gasteiger partial charge in [0.1, 0.15) is 11.6 Å². The van der Waals surface area contributed by atoms with E-state index in [0.29, 0.717) is 36.9 Å². The van der Waals surface area contributed by atoms with Crippen molar-refractivity contribution in [3.05, 3.63) is 29.8 Å². The molecule has 4 heterocycles. The van der Waals surface area contributed by atoms with Crippen LogP contribution in [0.25, 0.3) is 0 Å². The first kappa shape index (κ1) is 22.0. The van der Waals surface area contributed by atoms with Gasteiger partial charge in [0.2, 0.25) is 12.7 Å². The van der Waals surface area contributed by atoms with Crippen LogP contribution in [0, 0.1) is 0 Å². The minimum atomic E-state index is 0.265. The molecule has 0 amide bonds. The second-order valence-corrected chi connectivity index (χ2v) is 8.95. The van der Waals surface area contributed by atoms with Gasteiger partial charge in [0, 0.05) is 38.3 Å². The maximum atomic E-state index is 5.55. The lowest BCUT2D eigenvalue weighted by Crippen LogP contribution is -2.40. The van der Waals surface area contributed by atoms with E-state index in [2.05, 4.69) is 33.4 Å². The highest BCUT2D eigenvalue weighted by Crippen LogP contribution is 2.32. The normalized spacial score (nSPS) is 20.0. The van der Waals surface area contributed by atoms with Gasteiger partial charge in [0.25, 0.3) is 0 Å². The van der Waals surface area contributed by atoms with E-state index in [4.69, 9.17) is 36.4 Å². The molecule has 1 unspecified atom stereocenters. The highest BCUT2D eigenvalue weighted by Gasteiger charge is 2.23. The molecule has 2 fully saturated rings. The molecule has 10 heteroatoms. The van der Waals surface area contributed by atoms with Crippen LogP contribution in [0.15, 0.2) is 24.3 Å². The summed E-state index contributed by atoms with van der Waals surface area (Å²) in [6.07, 6.45) is 3.62. The second kappa shape index (κ2) is 9.96. The van der Waals surface area contributed by atoms with E-state index in [1.54, 1.807) is 0 Å². The van der Waals surface area contributed by atoms with E-state index in [1.807, 2.05) is 18.2 Å². The molecule has 176 valence electrons. The van der Waals surface area contributed by atoms with Crippen molar-refractivity contribution in [2.24, 2.45) is 0 Å². The third-order valence-corrected chi connectivity index (χ3v) is 6.49. The molecule has 2 aromatic rings. The summed E-state index contributed by atoms with van der Waals surface area (Å²) in [5, 5.41) is 6.91. The third kappa shape index (κ3) is 5.22. The van der Waals surface area contributed by atoms with Gasteiger partial charge in [-0.25, -0.2) is 0 Å². The predicted molar refractivity (Wildman–Crippen MR) is 131 cm³/mol. The van der Waals surface area contributed by atoms with Crippen molar-refractivity contribution in [1.29, 1.82) is 0 Å². The van der Waals surface area contributed by atoms with Gasteiger partial charge in [0.05, 0.1) is 13.2 Å². The SMILES string of the molecule is CC1CCCCN1c1cc(N2CCOCC2)nc(NC(=S)NCc2ccc3c(c2)OCO3)n1. The van der Waals surface area contributed by atoms with Crippen LogP contribution in [0.1, 0.15) is 31.7 Å². The molecule has 33 heavy (non-hydrogen) atoms. The Balaban J connectivity index is 1.30. The second-order valence-electron chi connectivity index (χ2n) is 8.54. The Morgan fingerprint density at radius 1 is 1.06 bits per heavy atom. The van der Waals surface area contributed by atoms with Crippen LogP contribution in [0.2, 0.25) is 0 Å². The number of nitrogens with zero attached hydrogens (tertiary/aromatic N) is 4. The molecule has 0 saturated carbocycles. The lowest BCUT2D eigenvalue weighted by molar-refractivity contribution is 0.122. The van der Waals surface area contributed by atoms with Gasteiger partial charge in [0.15, 0.2) is 16.6 Å². The molecule has 0 bridgehead atoms. The summed E-state index contributed by atoms with van der Waals surface area (Å²) >= 11 is 5.55. The highest BCUT2D eigenvalue weighted by molar-refractivity contribution is 7.80. The summed E-state index contributed by atoms with van der Waals surface area (Å²) in [6.45, 7) is 7.14. The molecule has 0 radical (unpaired) electrons. The average Bonchev–Trinajstić information content (AvgIpc) is 3.31. The Morgan fingerprint density at radius 3 is 2.73 bits per heavy atom. The molecular formula is C23H30N6O3S. The first-order valence-electron chi connectivity index (χ1n) is 11.6. The number of ether oxygens (including phenoxy) is 3. The van der Waals surface area contributed by atoms with E-state index in [9.17, 15) is 0 Å².